The lowest BCUT2D eigenvalue weighted by Crippen LogP contribution is -1.47. The largest absolute Gasteiger partial charge is 0.0991 e. The molecule has 0 aliphatic carbocycles. The van der Waals surface area contributed by atoms with E-state index in [0.717, 1.165) is 0 Å². The van der Waals surface area contributed by atoms with E-state index in [2.05, 4.69) is 6.58 Å². The SMILES string of the molecule is C=C\C=C/C=C/C=C/C. The lowest BCUT2D eigenvalue weighted by molar-refractivity contribution is 1.73. The third kappa shape index (κ3) is 6.96. The van der Waals surface area contributed by atoms with Crippen molar-refractivity contribution in [1.29, 1.82) is 0 Å². The van der Waals surface area contributed by atoms with E-state index in [9.17, 15) is 0 Å². The van der Waals surface area contributed by atoms with Crippen molar-refractivity contribution in [2.24, 2.45) is 0 Å². The molecule has 0 radical (unpaired) electrons. The molecule has 0 atom stereocenters. The molecule has 0 aromatic heterocycles. The molecule has 0 heteroatoms. The second-order valence-corrected chi connectivity index (χ2v) is 1.53. The fraction of sp³-hybridized carbons (Fsp3) is 0.111. The van der Waals surface area contributed by atoms with Crippen LogP contribution in [0.25, 0.3) is 0 Å². The Morgan fingerprint density at radius 2 is 1.44 bits per heavy atom. The Bertz CT molecular complexity index is 136. The summed E-state index contributed by atoms with van der Waals surface area (Å²) in [6.45, 7) is 5.53. The molecular formula is C9H12. The van der Waals surface area contributed by atoms with Gasteiger partial charge in [-0.05, 0) is 6.92 Å². The smallest absolute Gasteiger partial charge is 0.0467 e. The molecule has 0 amide bonds. The monoisotopic (exact) mass is 120 g/mol. The van der Waals surface area contributed by atoms with Gasteiger partial charge in [0.05, 0.1) is 0 Å². The Morgan fingerprint density at radius 1 is 0.889 bits per heavy atom. The average Bonchev–Trinajstić information content (AvgIpc) is 1.89. The highest BCUT2D eigenvalue weighted by Crippen LogP contribution is 1.79. The summed E-state index contributed by atoms with van der Waals surface area (Å²) in [6.07, 6.45) is 13.5. The highest BCUT2D eigenvalue weighted by Gasteiger charge is 1.57. The van der Waals surface area contributed by atoms with E-state index in [0.29, 0.717) is 0 Å². The first kappa shape index (κ1) is 7.96. The molecule has 0 unspecified atom stereocenters. The fourth-order valence-electron chi connectivity index (χ4n) is 0.382. The number of allylic oxidation sites excluding steroid dienone is 7. The third-order valence-electron chi connectivity index (χ3n) is 0.773. The Labute approximate surface area is 56.9 Å². The van der Waals surface area contributed by atoms with Crippen molar-refractivity contribution >= 4 is 0 Å². The molecule has 0 aromatic carbocycles. The van der Waals surface area contributed by atoms with Crippen molar-refractivity contribution in [3.8, 4) is 0 Å². The minimum Gasteiger partial charge on any atom is -0.0991 e. The van der Waals surface area contributed by atoms with Gasteiger partial charge in [-0.1, -0.05) is 49.1 Å². The minimum absolute atomic E-state index is 1.75. The predicted molar refractivity (Wildman–Crippen MR) is 43.3 cm³/mol. The van der Waals surface area contributed by atoms with Crippen molar-refractivity contribution in [1.82, 2.24) is 0 Å². The van der Waals surface area contributed by atoms with E-state index < -0.39 is 0 Å². The van der Waals surface area contributed by atoms with E-state index in [4.69, 9.17) is 0 Å². The molecule has 9 heavy (non-hydrogen) atoms. The van der Waals surface area contributed by atoms with Gasteiger partial charge in [-0.2, -0.15) is 0 Å². The Morgan fingerprint density at radius 3 is 2.00 bits per heavy atom. The lowest BCUT2D eigenvalue weighted by atomic mass is 10.4. The molecule has 0 aromatic rings. The van der Waals surface area contributed by atoms with Crippen LogP contribution in [-0.2, 0) is 0 Å². The number of hydrogen-bond acceptors (Lipinski definition) is 0. The van der Waals surface area contributed by atoms with Gasteiger partial charge in [-0.3, -0.25) is 0 Å². The molecule has 0 N–H and O–H groups in total. The summed E-state index contributed by atoms with van der Waals surface area (Å²) in [6, 6.07) is 0. The van der Waals surface area contributed by atoms with Crippen LogP contribution in [0.3, 0.4) is 0 Å². The Balaban J connectivity index is 3.46. The van der Waals surface area contributed by atoms with Crippen LogP contribution < -0.4 is 0 Å². The van der Waals surface area contributed by atoms with Crippen LogP contribution in [-0.4, -0.2) is 0 Å². The summed E-state index contributed by atoms with van der Waals surface area (Å²) >= 11 is 0. The van der Waals surface area contributed by atoms with Crippen molar-refractivity contribution in [3.63, 3.8) is 0 Å². The van der Waals surface area contributed by atoms with Crippen LogP contribution in [0.4, 0.5) is 0 Å². The number of hydrogen-bond donors (Lipinski definition) is 0. The van der Waals surface area contributed by atoms with E-state index >= 15 is 0 Å². The highest BCUT2D eigenvalue weighted by molar-refractivity contribution is 5.13. The molecule has 48 valence electrons. The zero-order valence-electron chi connectivity index (χ0n) is 5.75. The van der Waals surface area contributed by atoms with E-state index in [1.165, 1.54) is 0 Å². The van der Waals surface area contributed by atoms with E-state index in [1.807, 2.05) is 43.4 Å². The maximum atomic E-state index is 3.54. The molecule has 0 spiro atoms. The maximum Gasteiger partial charge on any atom is -0.0467 e. The second kappa shape index (κ2) is 6.96. The minimum atomic E-state index is 1.75. The molecule has 0 heterocycles. The molecular weight excluding hydrogens is 108 g/mol. The normalized spacial score (nSPS) is 12.1. The summed E-state index contributed by atoms with van der Waals surface area (Å²) in [5.74, 6) is 0. The zero-order valence-corrected chi connectivity index (χ0v) is 5.75. The van der Waals surface area contributed by atoms with Gasteiger partial charge in [0.25, 0.3) is 0 Å². The molecule has 0 fully saturated rings. The van der Waals surface area contributed by atoms with Crippen molar-refractivity contribution in [3.05, 3.63) is 49.1 Å². The first-order chi connectivity index (χ1) is 4.41. The molecule has 0 saturated carbocycles. The first-order valence-electron chi connectivity index (χ1n) is 2.99. The summed E-state index contributed by atoms with van der Waals surface area (Å²) in [7, 11) is 0. The molecule has 0 rings (SSSR count). The molecule has 0 saturated heterocycles. The van der Waals surface area contributed by atoms with Gasteiger partial charge in [-0.15, -0.1) is 0 Å². The van der Waals surface area contributed by atoms with Gasteiger partial charge in [0, 0.05) is 0 Å². The van der Waals surface area contributed by atoms with Crippen LogP contribution in [0.1, 0.15) is 6.92 Å². The summed E-state index contributed by atoms with van der Waals surface area (Å²) in [5.41, 5.74) is 0. The highest BCUT2D eigenvalue weighted by atomic mass is 13.6. The first-order valence-corrected chi connectivity index (χ1v) is 2.99. The maximum absolute atomic E-state index is 3.54. The van der Waals surface area contributed by atoms with Crippen molar-refractivity contribution in [2.45, 2.75) is 6.92 Å². The lowest BCUT2D eigenvalue weighted by Gasteiger charge is -1.69. The molecule has 0 aliphatic rings. The van der Waals surface area contributed by atoms with Crippen molar-refractivity contribution in [2.75, 3.05) is 0 Å². The fourth-order valence-corrected chi connectivity index (χ4v) is 0.382. The second-order valence-electron chi connectivity index (χ2n) is 1.53. The molecule has 0 aliphatic heterocycles. The van der Waals surface area contributed by atoms with Crippen LogP contribution in [0, 0.1) is 0 Å². The Kier molecular flexibility index (Phi) is 6.16. The molecule has 0 nitrogen and oxygen atoms in total. The van der Waals surface area contributed by atoms with Gasteiger partial charge in [0.15, 0.2) is 0 Å². The summed E-state index contributed by atoms with van der Waals surface area (Å²) in [4.78, 5) is 0. The standard InChI is InChI=1S/C9H12/c1-3-5-7-9-8-6-4-2/h3-9H,1H2,2H3/b6-4+,7-5-,9-8+. The van der Waals surface area contributed by atoms with Gasteiger partial charge >= 0.3 is 0 Å². The van der Waals surface area contributed by atoms with Gasteiger partial charge < -0.3 is 0 Å². The average molecular weight is 120 g/mol. The predicted octanol–water partition coefficient (Wildman–Crippen LogP) is 2.86. The quantitative estimate of drug-likeness (QED) is 0.502. The van der Waals surface area contributed by atoms with Gasteiger partial charge in [0.2, 0.25) is 0 Å². The van der Waals surface area contributed by atoms with Gasteiger partial charge in [-0.25, -0.2) is 0 Å². The Hall–Kier alpha value is -1.04. The van der Waals surface area contributed by atoms with Gasteiger partial charge in [0.1, 0.15) is 0 Å². The third-order valence-corrected chi connectivity index (χ3v) is 0.773. The summed E-state index contributed by atoms with van der Waals surface area (Å²) in [5, 5.41) is 0. The zero-order chi connectivity index (χ0) is 6.95. The van der Waals surface area contributed by atoms with Crippen LogP contribution in [0.5, 0.6) is 0 Å². The van der Waals surface area contributed by atoms with Crippen molar-refractivity contribution < 1.29 is 0 Å². The van der Waals surface area contributed by atoms with E-state index in [1.54, 1.807) is 6.08 Å². The van der Waals surface area contributed by atoms with E-state index in [-0.39, 0.29) is 0 Å². The molecule has 0 bridgehead atoms. The topological polar surface area (TPSA) is 0 Å². The number of rotatable bonds is 3. The summed E-state index contributed by atoms with van der Waals surface area (Å²) < 4.78 is 0. The van der Waals surface area contributed by atoms with Crippen LogP contribution in [0.2, 0.25) is 0 Å². The van der Waals surface area contributed by atoms with Crippen LogP contribution in [0.15, 0.2) is 49.1 Å². The van der Waals surface area contributed by atoms with Crippen LogP contribution >= 0.6 is 0 Å².